The van der Waals surface area contributed by atoms with Crippen molar-refractivity contribution in [2.45, 2.75) is 43.3 Å². The van der Waals surface area contributed by atoms with Gasteiger partial charge in [-0.25, -0.2) is 4.98 Å². The van der Waals surface area contributed by atoms with Gasteiger partial charge in [-0.15, -0.1) is 11.3 Å². The maximum atomic E-state index is 13.3. The smallest absolute Gasteiger partial charge is 0.243 e. The van der Waals surface area contributed by atoms with Gasteiger partial charge in [-0.1, -0.05) is 30.3 Å². The Morgan fingerprint density at radius 3 is 2.56 bits per heavy atom. The zero-order chi connectivity index (χ0) is 26.6. The molecule has 0 fully saturated rings. The van der Waals surface area contributed by atoms with E-state index in [4.69, 9.17) is 17.2 Å². The van der Waals surface area contributed by atoms with E-state index in [1.807, 2.05) is 30.3 Å². The Morgan fingerprint density at radius 1 is 1.25 bits per heavy atom. The van der Waals surface area contributed by atoms with Crippen molar-refractivity contribution >= 4 is 35.4 Å². The van der Waals surface area contributed by atoms with Crippen LogP contribution in [-0.4, -0.2) is 78.8 Å². The predicted octanol–water partition coefficient (Wildman–Crippen LogP) is -0.590. The molecule has 196 valence electrons. The van der Waals surface area contributed by atoms with Crippen molar-refractivity contribution in [2.24, 2.45) is 22.2 Å². The van der Waals surface area contributed by atoms with Crippen molar-refractivity contribution in [3.63, 3.8) is 0 Å². The van der Waals surface area contributed by atoms with Gasteiger partial charge in [0.2, 0.25) is 11.8 Å². The van der Waals surface area contributed by atoms with Gasteiger partial charge in [0.25, 0.3) is 0 Å². The second kappa shape index (κ2) is 14.3. The van der Waals surface area contributed by atoms with Crippen LogP contribution < -0.4 is 27.8 Å². The number of aromatic nitrogens is 1. The Labute approximate surface area is 215 Å². The number of benzene rings is 1. The van der Waals surface area contributed by atoms with Crippen LogP contribution in [0.3, 0.4) is 0 Å². The van der Waals surface area contributed by atoms with Gasteiger partial charge in [0, 0.05) is 45.4 Å². The maximum Gasteiger partial charge on any atom is 0.243 e. The summed E-state index contributed by atoms with van der Waals surface area (Å²) in [5.41, 5.74) is 19.6. The van der Waals surface area contributed by atoms with E-state index in [-0.39, 0.29) is 19.4 Å². The lowest BCUT2D eigenvalue weighted by molar-refractivity contribution is -0.132. The second-order valence-corrected chi connectivity index (χ2v) is 9.48. The van der Waals surface area contributed by atoms with E-state index in [2.05, 4.69) is 20.6 Å². The molecule has 3 atom stereocenters. The summed E-state index contributed by atoms with van der Waals surface area (Å²) in [6.45, 7) is 0.316. The number of nitrogens with one attached hydrogen (secondary N) is 2. The van der Waals surface area contributed by atoms with E-state index in [1.54, 1.807) is 29.9 Å². The molecule has 11 nitrogen and oxygen atoms in total. The highest BCUT2D eigenvalue weighted by molar-refractivity contribution is 7.07. The van der Waals surface area contributed by atoms with Crippen molar-refractivity contribution in [1.29, 1.82) is 0 Å². The van der Waals surface area contributed by atoms with Gasteiger partial charge in [-0.3, -0.25) is 14.6 Å². The summed E-state index contributed by atoms with van der Waals surface area (Å²) < 4.78 is 0. The quantitative estimate of drug-likeness (QED) is 0.0955. The molecule has 36 heavy (non-hydrogen) atoms. The Kier molecular flexibility index (Phi) is 11.4. The van der Waals surface area contributed by atoms with Gasteiger partial charge >= 0.3 is 0 Å². The minimum atomic E-state index is -1.32. The first-order valence-corrected chi connectivity index (χ1v) is 12.6. The van der Waals surface area contributed by atoms with E-state index >= 15 is 0 Å². The van der Waals surface area contributed by atoms with Crippen molar-refractivity contribution in [2.75, 3.05) is 27.2 Å². The Hall–Kier alpha value is -3.35. The van der Waals surface area contributed by atoms with Crippen LogP contribution in [-0.2, 0) is 27.2 Å². The average molecular weight is 517 g/mol. The van der Waals surface area contributed by atoms with Gasteiger partial charge in [0.05, 0.1) is 17.2 Å². The number of rotatable bonds is 14. The summed E-state index contributed by atoms with van der Waals surface area (Å²) in [5.74, 6) is -0.634. The first kappa shape index (κ1) is 28.9. The molecule has 1 aromatic heterocycles. The summed E-state index contributed by atoms with van der Waals surface area (Å²) in [4.78, 5) is 48.3. The van der Waals surface area contributed by atoms with Crippen LogP contribution in [0.25, 0.3) is 0 Å². The third-order valence-corrected chi connectivity index (χ3v) is 6.23. The Bertz CT molecular complexity index is 1000. The molecule has 1 heterocycles. The van der Waals surface area contributed by atoms with Gasteiger partial charge in [-0.2, -0.15) is 0 Å². The lowest BCUT2D eigenvalue weighted by atomic mass is 9.91. The highest BCUT2D eigenvalue weighted by atomic mass is 32.1. The molecule has 2 aromatic rings. The van der Waals surface area contributed by atoms with Gasteiger partial charge in [-0.05, 0) is 18.4 Å². The Balaban J connectivity index is 2.08. The Morgan fingerprint density at radius 2 is 1.97 bits per heavy atom. The van der Waals surface area contributed by atoms with Crippen LogP contribution >= 0.6 is 11.3 Å². The topological polar surface area (TPSA) is 182 Å². The molecule has 0 unspecified atom stereocenters. The molecule has 1 aromatic carbocycles. The molecule has 0 saturated heterocycles. The third-order valence-electron chi connectivity index (χ3n) is 5.60. The largest absolute Gasteiger partial charge is 0.370 e. The van der Waals surface area contributed by atoms with Crippen molar-refractivity contribution < 1.29 is 14.4 Å². The van der Waals surface area contributed by atoms with E-state index in [1.165, 1.54) is 11.3 Å². The minimum absolute atomic E-state index is 0.107. The molecule has 2 rings (SSSR count). The molecule has 0 aliphatic rings. The zero-order valence-corrected chi connectivity index (χ0v) is 21.5. The summed E-state index contributed by atoms with van der Waals surface area (Å²) >= 11 is 1.38. The molecule has 0 aliphatic carbocycles. The molecule has 8 N–H and O–H groups in total. The zero-order valence-electron chi connectivity index (χ0n) is 20.7. The van der Waals surface area contributed by atoms with Gasteiger partial charge < -0.3 is 37.5 Å². The number of aliphatic imine (C=N–C) groups is 1. The van der Waals surface area contributed by atoms with Crippen LogP contribution in [0.15, 0.2) is 46.2 Å². The second-order valence-electron chi connectivity index (χ2n) is 8.76. The number of guanidine groups is 1. The minimum Gasteiger partial charge on any atom is -0.370 e. The molecule has 0 spiro atoms. The number of carbonyl (C=O) groups excluding carboxylic acids is 3. The molecule has 12 heteroatoms. The van der Waals surface area contributed by atoms with Crippen LogP contribution in [0.4, 0.5) is 0 Å². The number of aldehydes is 1. The van der Waals surface area contributed by atoms with Crippen LogP contribution in [0.2, 0.25) is 0 Å². The van der Waals surface area contributed by atoms with Gasteiger partial charge in [0.1, 0.15) is 17.9 Å². The first-order chi connectivity index (χ1) is 17.2. The normalized spacial score (nSPS) is 14.8. The summed E-state index contributed by atoms with van der Waals surface area (Å²) in [5, 5.41) is 7.27. The van der Waals surface area contributed by atoms with E-state index in [0.717, 1.165) is 5.56 Å². The number of hydrogen-bond acceptors (Lipinski definition) is 8. The van der Waals surface area contributed by atoms with Crippen LogP contribution in [0.1, 0.15) is 24.1 Å². The fourth-order valence-electron chi connectivity index (χ4n) is 3.39. The lowest BCUT2D eigenvalue weighted by Gasteiger charge is -2.30. The number of amides is 2. The third kappa shape index (κ3) is 9.02. The molecule has 0 aliphatic heterocycles. The number of hydrogen-bond donors (Lipinski definition) is 5. The maximum absolute atomic E-state index is 13.3. The monoisotopic (exact) mass is 516 g/mol. The van der Waals surface area contributed by atoms with Crippen molar-refractivity contribution in [1.82, 2.24) is 20.5 Å². The van der Waals surface area contributed by atoms with Crippen molar-refractivity contribution in [3.05, 3.63) is 52.5 Å². The molecule has 0 saturated carbocycles. The highest BCUT2D eigenvalue weighted by Gasteiger charge is 2.34. The molecule has 0 radical (unpaired) electrons. The molecule has 2 amide bonds. The fourth-order valence-corrected chi connectivity index (χ4v) is 3.96. The fraction of sp³-hybridized carbons (Fsp3) is 0.458. The van der Waals surface area contributed by atoms with Crippen LogP contribution in [0, 0.1) is 0 Å². The highest BCUT2D eigenvalue weighted by Crippen LogP contribution is 2.13. The summed E-state index contributed by atoms with van der Waals surface area (Å²) in [6.07, 6.45) is 1.90. The van der Waals surface area contributed by atoms with E-state index in [0.29, 0.717) is 37.3 Å². The number of thiazole rings is 1. The average Bonchev–Trinajstić information content (AvgIpc) is 3.39. The number of carbonyl (C=O) groups is 3. The SMILES string of the molecule is CN(C)C(N)=NCCC[C@H](N)C(=O)N[C@@H](Cc1cscn1)C(=O)N[C@@](C=O)(CN)Cc1ccccc1. The number of nitrogens with two attached hydrogens (primary N) is 3. The number of nitrogens with zero attached hydrogens (tertiary/aromatic N) is 3. The van der Waals surface area contributed by atoms with Crippen molar-refractivity contribution in [3.8, 4) is 0 Å². The molecular formula is C24H36N8O3S. The summed E-state index contributed by atoms with van der Waals surface area (Å²) in [7, 11) is 3.57. The van der Waals surface area contributed by atoms with E-state index < -0.39 is 29.4 Å². The van der Waals surface area contributed by atoms with Crippen LogP contribution in [0.5, 0.6) is 0 Å². The predicted molar refractivity (Wildman–Crippen MR) is 141 cm³/mol. The standard InChI is InChI=1S/C24H36N8O3S/c1-32(2)23(27)28-10-6-9-19(26)21(34)30-20(11-18-13-36-16-29-18)22(35)31-24(14-25,15-33)12-17-7-4-3-5-8-17/h3-5,7-8,13,15-16,19-20H,6,9-12,14,25-26H2,1-2H3,(H2,27,28)(H,30,34)(H,31,35)/t19-,20-,24+/m0/s1. The first-order valence-electron chi connectivity index (χ1n) is 11.6. The molecule has 0 bridgehead atoms. The van der Waals surface area contributed by atoms with Gasteiger partial charge in [0.15, 0.2) is 5.96 Å². The summed E-state index contributed by atoms with van der Waals surface area (Å²) in [6, 6.07) is 7.41. The lowest BCUT2D eigenvalue weighted by Crippen LogP contribution is -2.62. The molecular weight excluding hydrogens is 480 g/mol. The van der Waals surface area contributed by atoms with E-state index in [9.17, 15) is 14.4 Å².